The van der Waals surface area contributed by atoms with Gasteiger partial charge in [0.2, 0.25) is 0 Å². The predicted molar refractivity (Wildman–Crippen MR) is 66.5 cm³/mol. The number of carboxylic acids is 1. The zero-order chi connectivity index (χ0) is 11.8. The number of hydrogen-bond donors (Lipinski definition) is 1. The highest BCUT2D eigenvalue weighted by atomic mass is 32.1. The molecule has 1 heterocycles. The maximum atomic E-state index is 10.7. The molecule has 4 heteroatoms. The summed E-state index contributed by atoms with van der Waals surface area (Å²) in [4.78, 5) is 15.3. The van der Waals surface area contributed by atoms with Crippen LogP contribution >= 0.6 is 11.3 Å². The van der Waals surface area contributed by atoms with Gasteiger partial charge in [-0.2, -0.15) is 0 Å². The van der Waals surface area contributed by atoms with Crippen molar-refractivity contribution in [3.8, 4) is 11.3 Å². The topological polar surface area (TPSA) is 50.2 Å². The van der Waals surface area contributed by atoms with Crippen LogP contribution in [0.15, 0.2) is 29.6 Å². The first-order chi connectivity index (χ1) is 8.24. The van der Waals surface area contributed by atoms with E-state index in [2.05, 4.69) is 4.98 Å². The standard InChI is InChI=1S/C13H11NO2S/c15-13(16)10-5-1-8(2-6-10)11-7-17-12(14-11)9-3-4-9/h1-2,5-7,9H,3-4H2,(H,15,16). The van der Waals surface area contributed by atoms with Crippen molar-refractivity contribution in [2.75, 3.05) is 0 Å². The lowest BCUT2D eigenvalue weighted by atomic mass is 10.1. The molecule has 0 bridgehead atoms. The maximum Gasteiger partial charge on any atom is 0.335 e. The summed E-state index contributed by atoms with van der Waals surface area (Å²) >= 11 is 1.70. The van der Waals surface area contributed by atoms with Crippen LogP contribution in [0.3, 0.4) is 0 Å². The smallest absolute Gasteiger partial charge is 0.335 e. The number of thiazole rings is 1. The first-order valence-corrected chi connectivity index (χ1v) is 6.41. The Hall–Kier alpha value is -1.68. The van der Waals surface area contributed by atoms with Gasteiger partial charge in [-0.1, -0.05) is 12.1 Å². The van der Waals surface area contributed by atoms with Crippen LogP contribution in [0.4, 0.5) is 0 Å². The summed E-state index contributed by atoms with van der Waals surface area (Å²) in [6, 6.07) is 6.87. The summed E-state index contributed by atoms with van der Waals surface area (Å²) in [5.74, 6) is -0.222. The number of aromatic nitrogens is 1. The Kier molecular flexibility index (Phi) is 2.44. The molecular formula is C13H11NO2S. The van der Waals surface area contributed by atoms with Crippen molar-refractivity contribution in [3.63, 3.8) is 0 Å². The third-order valence-electron chi connectivity index (χ3n) is 2.88. The molecule has 1 saturated carbocycles. The monoisotopic (exact) mass is 245 g/mol. The van der Waals surface area contributed by atoms with E-state index >= 15 is 0 Å². The molecule has 3 rings (SSSR count). The molecule has 86 valence electrons. The van der Waals surface area contributed by atoms with Crippen LogP contribution in [0.25, 0.3) is 11.3 Å². The van der Waals surface area contributed by atoms with Crippen LogP contribution in [0.5, 0.6) is 0 Å². The second-order valence-corrected chi connectivity index (χ2v) is 5.12. The van der Waals surface area contributed by atoms with E-state index in [0.29, 0.717) is 11.5 Å². The van der Waals surface area contributed by atoms with Gasteiger partial charge in [0.05, 0.1) is 16.3 Å². The van der Waals surface area contributed by atoms with E-state index in [-0.39, 0.29) is 0 Å². The number of rotatable bonds is 3. The summed E-state index contributed by atoms with van der Waals surface area (Å²) in [7, 11) is 0. The van der Waals surface area contributed by atoms with Gasteiger partial charge < -0.3 is 5.11 Å². The lowest BCUT2D eigenvalue weighted by molar-refractivity contribution is 0.0697. The molecule has 1 N–H and O–H groups in total. The maximum absolute atomic E-state index is 10.7. The molecule has 17 heavy (non-hydrogen) atoms. The van der Waals surface area contributed by atoms with E-state index < -0.39 is 5.97 Å². The lowest BCUT2D eigenvalue weighted by Gasteiger charge is -1.97. The molecule has 0 amide bonds. The van der Waals surface area contributed by atoms with E-state index in [1.807, 2.05) is 17.5 Å². The highest BCUT2D eigenvalue weighted by molar-refractivity contribution is 7.10. The molecule has 0 atom stereocenters. The Balaban J connectivity index is 1.89. The van der Waals surface area contributed by atoms with Crippen molar-refractivity contribution in [1.82, 2.24) is 4.98 Å². The average molecular weight is 245 g/mol. The quantitative estimate of drug-likeness (QED) is 0.901. The molecule has 2 aromatic rings. The Labute approximate surface area is 103 Å². The number of aromatic carboxylic acids is 1. The number of carboxylic acid groups (broad SMARTS) is 1. The van der Waals surface area contributed by atoms with Crippen LogP contribution in [0.1, 0.15) is 34.1 Å². The van der Waals surface area contributed by atoms with Gasteiger partial charge in [-0.3, -0.25) is 0 Å². The van der Waals surface area contributed by atoms with Gasteiger partial charge in [0.15, 0.2) is 0 Å². The first-order valence-electron chi connectivity index (χ1n) is 5.53. The van der Waals surface area contributed by atoms with Gasteiger partial charge in [0.25, 0.3) is 0 Å². The van der Waals surface area contributed by atoms with Crippen molar-refractivity contribution in [2.24, 2.45) is 0 Å². The third-order valence-corrected chi connectivity index (χ3v) is 3.88. The fourth-order valence-electron chi connectivity index (χ4n) is 1.72. The van der Waals surface area contributed by atoms with Gasteiger partial charge in [0.1, 0.15) is 0 Å². The molecule has 0 radical (unpaired) electrons. The van der Waals surface area contributed by atoms with E-state index in [0.717, 1.165) is 11.3 Å². The molecule has 1 fully saturated rings. The van der Waals surface area contributed by atoms with Crippen LogP contribution in [-0.2, 0) is 0 Å². The molecule has 1 aliphatic rings. The SMILES string of the molecule is O=C(O)c1ccc(-c2csc(C3CC3)n2)cc1. The van der Waals surface area contributed by atoms with Crippen molar-refractivity contribution in [3.05, 3.63) is 40.2 Å². The van der Waals surface area contributed by atoms with Gasteiger partial charge in [0, 0.05) is 16.9 Å². The Morgan fingerprint density at radius 1 is 1.29 bits per heavy atom. The first kappa shape index (κ1) is 10.5. The van der Waals surface area contributed by atoms with E-state index in [9.17, 15) is 4.79 Å². The van der Waals surface area contributed by atoms with Crippen molar-refractivity contribution < 1.29 is 9.90 Å². The van der Waals surface area contributed by atoms with E-state index in [1.54, 1.807) is 23.5 Å². The molecule has 3 nitrogen and oxygen atoms in total. The van der Waals surface area contributed by atoms with Gasteiger partial charge in [-0.05, 0) is 25.0 Å². The molecule has 1 aromatic heterocycles. The second kappa shape index (κ2) is 3.96. The van der Waals surface area contributed by atoms with E-state index in [1.165, 1.54) is 17.8 Å². The minimum absolute atomic E-state index is 0.311. The minimum Gasteiger partial charge on any atom is -0.478 e. The van der Waals surface area contributed by atoms with E-state index in [4.69, 9.17) is 5.11 Å². The van der Waals surface area contributed by atoms with Crippen LogP contribution in [0, 0.1) is 0 Å². The molecule has 1 aliphatic carbocycles. The van der Waals surface area contributed by atoms with Gasteiger partial charge >= 0.3 is 5.97 Å². The van der Waals surface area contributed by atoms with Crippen molar-refractivity contribution >= 4 is 17.3 Å². The third kappa shape index (κ3) is 2.08. The largest absolute Gasteiger partial charge is 0.478 e. The second-order valence-electron chi connectivity index (χ2n) is 4.23. The minimum atomic E-state index is -0.895. The van der Waals surface area contributed by atoms with Crippen LogP contribution < -0.4 is 0 Å². The zero-order valence-electron chi connectivity index (χ0n) is 9.09. The number of nitrogens with zero attached hydrogens (tertiary/aromatic N) is 1. The average Bonchev–Trinajstić information content (AvgIpc) is 3.07. The molecular weight excluding hydrogens is 234 g/mol. The fourth-order valence-corrected chi connectivity index (χ4v) is 2.72. The number of hydrogen-bond acceptors (Lipinski definition) is 3. The fraction of sp³-hybridized carbons (Fsp3) is 0.231. The Bertz CT molecular complexity index is 555. The molecule has 0 unspecified atom stereocenters. The normalized spacial score (nSPS) is 14.8. The summed E-state index contributed by atoms with van der Waals surface area (Å²) < 4.78 is 0. The van der Waals surface area contributed by atoms with Crippen molar-refractivity contribution in [1.29, 1.82) is 0 Å². The molecule has 1 aromatic carbocycles. The van der Waals surface area contributed by atoms with Crippen LogP contribution in [0.2, 0.25) is 0 Å². The summed E-state index contributed by atoms with van der Waals surface area (Å²) in [5, 5.41) is 12.1. The Morgan fingerprint density at radius 2 is 2.00 bits per heavy atom. The summed E-state index contributed by atoms with van der Waals surface area (Å²) in [6.07, 6.45) is 2.51. The summed E-state index contributed by atoms with van der Waals surface area (Å²) in [5.41, 5.74) is 2.25. The highest BCUT2D eigenvalue weighted by Crippen LogP contribution is 2.42. The molecule has 0 saturated heterocycles. The van der Waals surface area contributed by atoms with Gasteiger partial charge in [-0.15, -0.1) is 11.3 Å². The zero-order valence-corrected chi connectivity index (χ0v) is 9.91. The number of carbonyl (C=O) groups is 1. The molecule has 0 aliphatic heterocycles. The number of benzene rings is 1. The van der Waals surface area contributed by atoms with Gasteiger partial charge in [-0.25, -0.2) is 9.78 Å². The summed E-state index contributed by atoms with van der Waals surface area (Å²) in [6.45, 7) is 0. The van der Waals surface area contributed by atoms with Crippen molar-refractivity contribution in [2.45, 2.75) is 18.8 Å². The predicted octanol–water partition coefficient (Wildman–Crippen LogP) is 3.39. The van der Waals surface area contributed by atoms with Crippen LogP contribution in [-0.4, -0.2) is 16.1 Å². The lowest BCUT2D eigenvalue weighted by Crippen LogP contribution is -1.94. The highest BCUT2D eigenvalue weighted by Gasteiger charge is 2.26. The molecule has 0 spiro atoms. The Morgan fingerprint density at radius 3 is 2.59 bits per heavy atom.